The molecule has 0 saturated heterocycles. The van der Waals surface area contributed by atoms with E-state index in [9.17, 15) is 0 Å². The molecule has 0 amide bonds. The van der Waals surface area contributed by atoms with E-state index in [0.717, 1.165) is 12.8 Å². The Bertz CT molecular complexity index is 2190. The zero-order chi connectivity index (χ0) is 33.5. The maximum atomic E-state index is 2.92. The fourth-order valence-corrected chi connectivity index (χ4v) is 20.2. The summed E-state index contributed by atoms with van der Waals surface area (Å²) >= 11 is -0.823. The van der Waals surface area contributed by atoms with Crippen LogP contribution in [-0.2, 0) is 30.8 Å². The summed E-state index contributed by atoms with van der Waals surface area (Å²) in [5.41, 5.74) is 18.5. The standard InChI is InChI=1S/C29H33.C9H7S.C8H8.2ClH.Zr/c1-14-13-24-25(18(5)15(14)2)21(8)28-27-20(7)17(4)16(3)19(6)26(27)22-11-9-10-12-23(22)29(24)28;1-2-4-8(3-1)9-5-6-10-7-9;1-2-8-6-4-3-5-7-8;;;/h9-13,16-17,19,21H,1-8H3;1,3,5-7H,2H2;1,3-7H,2H2;2*1H;/q;;;;;+2/p-2. The molecule has 0 nitrogen and oxygen atoms in total. The van der Waals surface area contributed by atoms with Gasteiger partial charge in [0.2, 0.25) is 0 Å². The van der Waals surface area contributed by atoms with Gasteiger partial charge in [0.05, 0.1) is 0 Å². The molecule has 3 aliphatic carbocycles. The molecule has 1 heterocycles. The van der Waals surface area contributed by atoms with Crippen LogP contribution < -0.4 is 24.8 Å². The number of benzene rings is 4. The van der Waals surface area contributed by atoms with Gasteiger partial charge in [0.15, 0.2) is 0 Å². The maximum Gasteiger partial charge on any atom is -1.00 e. The fourth-order valence-electron chi connectivity index (χ4n) is 10.0. The van der Waals surface area contributed by atoms with Crippen molar-refractivity contribution in [2.75, 3.05) is 0 Å². The van der Waals surface area contributed by atoms with Gasteiger partial charge < -0.3 is 24.8 Å². The molecule has 0 bridgehead atoms. The molecule has 5 atom stereocenters. The van der Waals surface area contributed by atoms with Crippen LogP contribution in [0.2, 0.25) is 0 Å². The molecule has 4 heteroatoms. The van der Waals surface area contributed by atoms with Crippen molar-refractivity contribution in [3.8, 4) is 11.1 Å². The topological polar surface area (TPSA) is 0 Å². The summed E-state index contributed by atoms with van der Waals surface area (Å²) < 4.78 is 4.81. The third kappa shape index (κ3) is 5.50. The van der Waals surface area contributed by atoms with Gasteiger partial charge in [-0.15, -0.1) is 0 Å². The molecular formula is C46H48Cl2SZr. The molecule has 8 rings (SSSR count). The SMILES string of the molecule is Cc1cc2c(c(C)c1C)C(C)c1c3c(c4ccccc4c1-2)C(C)C(C)C(C)[C]3(C)[Zr+2](=[CH]Cc1ccccc1)[C]1=C(c2ccsc2)C=CC1.[Cl-].[Cl-]. The van der Waals surface area contributed by atoms with Crippen molar-refractivity contribution in [2.24, 2.45) is 11.8 Å². The van der Waals surface area contributed by atoms with Crippen LogP contribution in [0, 0.1) is 32.6 Å². The molecule has 1 aromatic heterocycles. The largest absolute Gasteiger partial charge is 1.00 e. The molecular weight excluding hydrogens is 747 g/mol. The van der Waals surface area contributed by atoms with Crippen molar-refractivity contribution in [1.29, 1.82) is 0 Å². The molecule has 0 N–H and O–H groups in total. The second kappa shape index (κ2) is 14.2. The van der Waals surface area contributed by atoms with Gasteiger partial charge in [-0.2, -0.15) is 0 Å². The molecule has 50 heavy (non-hydrogen) atoms. The first-order valence-corrected chi connectivity index (χ1v) is 22.8. The number of thiophene rings is 1. The van der Waals surface area contributed by atoms with E-state index in [-0.39, 0.29) is 27.9 Å². The van der Waals surface area contributed by atoms with Gasteiger partial charge in [-0.05, 0) is 0 Å². The average Bonchev–Trinajstić information content (AvgIpc) is 3.86. The molecule has 0 radical (unpaired) electrons. The zero-order valence-corrected chi connectivity index (χ0v) is 35.4. The Balaban J connectivity index is 0.00000216. The van der Waals surface area contributed by atoms with Gasteiger partial charge in [-0.3, -0.25) is 0 Å². The molecule has 0 saturated carbocycles. The van der Waals surface area contributed by atoms with E-state index >= 15 is 0 Å². The van der Waals surface area contributed by atoms with Crippen LogP contribution in [-0.4, -0.2) is 3.71 Å². The number of hydrogen-bond donors (Lipinski definition) is 0. The fraction of sp³-hybridized carbons (Fsp3) is 0.326. The number of halogens is 2. The summed E-state index contributed by atoms with van der Waals surface area (Å²) in [6.07, 6.45) is 7.11. The van der Waals surface area contributed by atoms with E-state index in [1.165, 1.54) is 49.7 Å². The van der Waals surface area contributed by atoms with Crippen molar-refractivity contribution in [1.82, 2.24) is 0 Å². The van der Waals surface area contributed by atoms with Crippen LogP contribution >= 0.6 is 11.3 Å². The molecule has 256 valence electrons. The third-order valence-corrected chi connectivity index (χ3v) is 22.6. The van der Waals surface area contributed by atoms with Crippen molar-refractivity contribution < 1.29 is 46.1 Å². The second-order valence-electron chi connectivity index (χ2n) is 15.2. The Morgan fingerprint density at radius 2 is 1.54 bits per heavy atom. The monoisotopic (exact) mass is 792 g/mol. The number of rotatable bonds is 5. The van der Waals surface area contributed by atoms with Gasteiger partial charge in [0.1, 0.15) is 0 Å². The zero-order valence-electron chi connectivity index (χ0n) is 30.6. The number of hydrogen-bond acceptors (Lipinski definition) is 1. The minimum atomic E-state index is -2.66. The quantitative estimate of drug-likeness (QED) is 0.188. The summed E-state index contributed by atoms with van der Waals surface area (Å²) in [6.45, 7) is 20.1. The van der Waals surface area contributed by atoms with Crippen molar-refractivity contribution >= 4 is 31.4 Å². The third-order valence-electron chi connectivity index (χ3n) is 13.1. The van der Waals surface area contributed by atoms with Crippen LogP contribution in [0.4, 0.5) is 0 Å². The minimum Gasteiger partial charge on any atom is -1.00 e. The summed E-state index contributed by atoms with van der Waals surface area (Å²) in [4.78, 5) is 0. The predicted octanol–water partition coefficient (Wildman–Crippen LogP) is 6.61. The number of fused-ring (bicyclic) bond motifs is 8. The Kier molecular flexibility index (Phi) is 10.6. The van der Waals surface area contributed by atoms with Crippen molar-refractivity contribution in [3.63, 3.8) is 0 Å². The minimum absolute atomic E-state index is 0. The predicted molar refractivity (Wildman–Crippen MR) is 206 cm³/mol. The molecule has 5 aromatic rings. The van der Waals surface area contributed by atoms with E-state index < -0.39 is 21.3 Å². The summed E-state index contributed by atoms with van der Waals surface area (Å²) in [5, 5.41) is 7.61. The van der Waals surface area contributed by atoms with Gasteiger partial charge in [0, 0.05) is 0 Å². The molecule has 3 aliphatic rings. The van der Waals surface area contributed by atoms with Gasteiger partial charge in [0.25, 0.3) is 0 Å². The Hall–Kier alpha value is -2.35. The first-order chi connectivity index (χ1) is 23.1. The molecule has 0 aliphatic heterocycles. The Morgan fingerprint density at radius 3 is 2.24 bits per heavy atom. The van der Waals surface area contributed by atoms with E-state index in [1.807, 2.05) is 11.3 Å². The average molecular weight is 795 g/mol. The first-order valence-electron chi connectivity index (χ1n) is 18.0. The van der Waals surface area contributed by atoms with E-state index in [2.05, 4.69) is 149 Å². The van der Waals surface area contributed by atoms with Gasteiger partial charge in [-0.1, -0.05) is 0 Å². The normalized spacial score (nSPS) is 23.4. The summed E-state index contributed by atoms with van der Waals surface area (Å²) in [7, 11) is 0. The van der Waals surface area contributed by atoms with Crippen LogP contribution in [0.25, 0.3) is 27.5 Å². The smallest absolute Gasteiger partial charge is 1.00 e. The van der Waals surface area contributed by atoms with Gasteiger partial charge >= 0.3 is 302 Å². The molecule has 5 unspecified atom stereocenters. The molecule has 4 aromatic carbocycles. The van der Waals surface area contributed by atoms with Crippen molar-refractivity contribution in [3.05, 3.63) is 143 Å². The number of aryl methyl sites for hydroxylation is 1. The van der Waals surface area contributed by atoms with Crippen molar-refractivity contribution in [2.45, 2.75) is 83.2 Å². The van der Waals surface area contributed by atoms with Gasteiger partial charge in [-0.25, -0.2) is 0 Å². The molecule has 0 fully saturated rings. The maximum absolute atomic E-state index is 2.92. The Labute approximate surface area is 324 Å². The summed E-state index contributed by atoms with van der Waals surface area (Å²) in [5.74, 6) is 2.05. The summed E-state index contributed by atoms with van der Waals surface area (Å²) in [6, 6.07) is 25.6. The van der Waals surface area contributed by atoms with Crippen LogP contribution in [0.1, 0.15) is 103 Å². The first kappa shape index (κ1) is 37.4. The van der Waals surface area contributed by atoms with E-state index in [1.54, 1.807) is 31.1 Å². The van der Waals surface area contributed by atoms with Crippen LogP contribution in [0.3, 0.4) is 0 Å². The van der Waals surface area contributed by atoms with E-state index in [0.29, 0.717) is 23.7 Å². The van der Waals surface area contributed by atoms with Crippen LogP contribution in [0.5, 0.6) is 0 Å². The number of allylic oxidation sites excluding steroid dienone is 4. The second-order valence-corrected chi connectivity index (χ2v) is 23.1. The van der Waals surface area contributed by atoms with E-state index in [4.69, 9.17) is 0 Å². The van der Waals surface area contributed by atoms with Crippen LogP contribution in [0.15, 0.2) is 92.9 Å². The Morgan fingerprint density at radius 1 is 0.840 bits per heavy atom. The molecule has 0 spiro atoms.